The molecule has 2 rings (SSSR count). The van der Waals surface area contributed by atoms with Crippen LogP contribution in [-0.2, 0) is 14.3 Å². The summed E-state index contributed by atoms with van der Waals surface area (Å²) in [5.74, 6) is -0.263. The molecule has 1 aromatic rings. The summed E-state index contributed by atoms with van der Waals surface area (Å²) in [4.78, 5) is 11.2. The summed E-state index contributed by atoms with van der Waals surface area (Å²) in [5, 5.41) is 0. The van der Waals surface area contributed by atoms with Crippen LogP contribution in [-0.4, -0.2) is 18.7 Å². The van der Waals surface area contributed by atoms with E-state index in [1.54, 1.807) is 6.92 Å². The Morgan fingerprint density at radius 3 is 2.79 bits per heavy atom. The molecule has 1 saturated heterocycles. The van der Waals surface area contributed by atoms with Gasteiger partial charge in [0, 0.05) is 0 Å². The van der Waals surface area contributed by atoms with Crippen molar-refractivity contribution < 1.29 is 14.3 Å². The Kier molecular flexibility index (Phi) is 2.50. The summed E-state index contributed by atoms with van der Waals surface area (Å²) < 4.78 is 10.1. The summed E-state index contributed by atoms with van der Waals surface area (Å²) in [7, 11) is 0. The van der Waals surface area contributed by atoms with Crippen LogP contribution in [0.3, 0.4) is 0 Å². The van der Waals surface area contributed by atoms with Crippen molar-refractivity contribution >= 4 is 5.97 Å². The predicted octanol–water partition coefficient (Wildman–Crippen LogP) is 1.69. The number of ether oxygens (including phenoxy) is 2. The van der Waals surface area contributed by atoms with Crippen molar-refractivity contribution in [1.29, 1.82) is 0 Å². The number of rotatable bonds is 3. The van der Waals surface area contributed by atoms with Gasteiger partial charge in [0.05, 0.1) is 6.61 Å². The van der Waals surface area contributed by atoms with Gasteiger partial charge in [0.25, 0.3) is 0 Å². The van der Waals surface area contributed by atoms with Gasteiger partial charge in [0.1, 0.15) is 6.10 Å². The molecule has 0 amide bonds. The van der Waals surface area contributed by atoms with Gasteiger partial charge in [-0.2, -0.15) is 0 Å². The van der Waals surface area contributed by atoms with Crippen LogP contribution in [0.5, 0.6) is 0 Å². The predicted molar refractivity (Wildman–Crippen MR) is 50.7 cm³/mol. The molecular weight excluding hydrogens is 180 g/mol. The molecular formula is C11H12O3. The lowest BCUT2D eigenvalue weighted by molar-refractivity contribution is -0.144. The molecule has 0 bridgehead atoms. The molecule has 3 heteroatoms. The second-order valence-electron chi connectivity index (χ2n) is 3.14. The van der Waals surface area contributed by atoms with Crippen LogP contribution < -0.4 is 0 Å². The van der Waals surface area contributed by atoms with Gasteiger partial charge in [-0.15, -0.1) is 0 Å². The van der Waals surface area contributed by atoms with E-state index in [2.05, 4.69) is 0 Å². The zero-order valence-corrected chi connectivity index (χ0v) is 7.97. The number of esters is 1. The highest BCUT2D eigenvalue weighted by molar-refractivity contribution is 5.78. The average molecular weight is 192 g/mol. The zero-order valence-electron chi connectivity index (χ0n) is 7.97. The number of hydrogen-bond donors (Lipinski definition) is 0. The molecule has 74 valence electrons. The fourth-order valence-electron chi connectivity index (χ4n) is 1.41. The van der Waals surface area contributed by atoms with Crippen LogP contribution >= 0.6 is 0 Å². The molecule has 0 aromatic heterocycles. The smallest absolute Gasteiger partial charge is 0.338 e. The van der Waals surface area contributed by atoms with Gasteiger partial charge in [-0.1, -0.05) is 30.3 Å². The van der Waals surface area contributed by atoms with Gasteiger partial charge in [-0.3, -0.25) is 0 Å². The Morgan fingerprint density at radius 2 is 2.14 bits per heavy atom. The summed E-state index contributed by atoms with van der Waals surface area (Å²) in [6.07, 6.45) is -0.493. The van der Waals surface area contributed by atoms with E-state index in [4.69, 9.17) is 9.47 Å². The molecule has 0 saturated carbocycles. The largest absolute Gasteiger partial charge is 0.464 e. The van der Waals surface area contributed by atoms with Crippen LogP contribution in [0.2, 0.25) is 0 Å². The first-order valence-electron chi connectivity index (χ1n) is 4.70. The molecule has 1 heterocycles. The highest BCUT2D eigenvalue weighted by Crippen LogP contribution is 2.39. The van der Waals surface area contributed by atoms with Crippen molar-refractivity contribution in [1.82, 2.24) is 0 Å². The molecule has 1 fully saturated rings. The minimum absolute atomic E-state index is 0.102. The van der Waals surface area contributed by atoms with Gasteiger partial charge in [0.2, 0.25) is 0 Å². The van der Waals surface area contributed by atoms with Crippen molar-refractivity contribution in [3.63, 3.8) is 0 Å². The van der Waals surface area contributed by atoms with Crippen LogP contribution in [0, 0.1) is 0 Å². The highest BCUT2D eigenvalue weighted by Gasteiger charge is 2.47. The second-order valence-corrected chi connectivity index (χ2v) is 3.14. The highest BCUT2D eigenvalue weighted by atomic mass is 16.6. The summed E-state index contributed by atoms with van der Waals surface area (Å²) in [5.41, 5.74) is 1.03. The maximum absolute atomic E-state index is 11.2. The van der Waals surface area contributed by atoms with E-state index in [1.165, 1.54) is 0 Å². The van der Waals surface area contributed by atoms with E-state index in [0.717, 1.165) is 5.56 Å². The Balaban J connectivity index is 1.96. The van der Waals surface area contributed by atoms with Crippen molar-refractivity contribution in [3.8, 4) is 0 Å². The Morgan fingerprint density at radius 1 is 1.43 bits per heavy atom. The molecule has 0 spiro atoms. The fraction of sp³-hybridized carbons (Fsp3) is 0.364. The van der Waals surface area contributed by atoms with Crippen LogP contribution in [0.1, 0.15) is 18.6 Å². The van der Waals surface area contributed by atoms with Crippen LogP contribution in [0.15, 0.2) is 30.3 Å². The standard InChI is InChI=1S/C11H12O3/c1-2-13-11(12)10-9(14-10)8-6-4-3-5-7-8/h3-7,9-10H,2H2,1H3/t9-,10-/m0/s1. The molecule has 0 unspecified atom stereocenters. The molecule has 0 radical (unpaired) electrons. The number of hydrogen-bond acceptors (Lipinski definition) is 3. The van der Waals surface area contributed by atoms with E-state index in [1.807, 2.05) is 30.3 Å². The third-order valence-corrected chi connectivity index (χ3v) is 2.14. The molecule has 0 N–H and O–H groups in total. The minimum atomic E-state index is -0.391. The van der Waals surface area contributed by atoms with Crippen molar-refractivity contribution in [2.24, 2.45) is 0 Å². The lowest BCUT2D eigenvalue weighted by Gasteiger charge is -1.96. The lowest BCUT2D eigenvalue weighted by Crippen LogP contribution is -2.11. The van der Waals surface area contributed by atoms with Gasteiger partial charge in [0.15, 0.2) is 6.10 Å². The third kappa shape index (κ3) is 1.77. The third-order valence-electron chi connectivity index (χ3n) is 2.14. The molecule has 3 nitrogen and oxygen atoms in total. The molecule has 2 atom stereocenters. The maximum atomic E-state index is 11.2. The minimum Gasteiger partial charge on any atom is -0.464 e. The van der Waals surface area contributed by atoms with Gasteiger partial charge in [-0.05, 0) is 12.5 Å². The van der Waals surface area contributed by atoms with E-state index in [9.17, 15) is 4.79 Å². The quantitative estimate of drug-likeness (QED) is 0.540. The van der Waals surface area contributed by atoms with E-state index < -0.39 is 6.10 Å². The zero-order chi connectivity index (χ0) is 9.97. The van der Waals surface area contributed by atoms with Gasteiger partial charge in [-0.25, -0.2) is 4.79 Å². The molecule has 1 aromatic carbocycles. The van der Waals surface area contributed by atoms with Gasteiger partial charge >= 0.3 is 5.97 Å². The van der Waals surface area contributed by atoms with E-state index in [0.29, 0.717) is 6.61 Å². The first-order chi connectivity index (χ1) is 6.83. The normalized spacial score (nSPS) is 24.4. The number of carbonyl (C=O) groups is 1. The number of benzene rings is 1. The SMILES string of the molecule is CCOC(=O)[C@H]1O[C@H]1c1ccccc1. The first-order valence-corrected chi connectivity index (χ1v) is 4.70. The second kappa shape index (κ2) is 3.80. The average Bonchev–Trinajstić information content (AvgIpc) is 2.99. The monoisotopic (exact) mass is 192 g/mol. The fourth-order valence-corrected chi connectivity index (χ4v) is 1.41. The van der Waals surface area contributed by atoms with Crippen LogP contribution in [0.25, 0.3) is 0 Å². The van der Waals surface area contributed by atoms with Crippen molar-refractivity contribution in [3.05, 3.63) is 35.9 Å². The molecule has 1 aliphatic heterocycles. The summed E-state index contributed by atoms with van der Waals surface area (Å²) in [6.45, 7) is 2.19. The molecule has 1 aliphatic rings. The topological polar surface area (TPSA) is 38.8 Å². The summed E-state index contributed by atoms with van der Waals surface area (Å²) >= 11 is 0. The Hall–Kier alpha value is -1.35. The molecule has 0 aliphatic carbocycles. The van der Waals surface area contributed by atoms with Crippen molar-refractivity contribution in [2.45, 2.75) is 19.1 Å². The number of carbonyl (C=O) groups excluding carboxylic acids is 1. The van der Waals surface area contributed by atoms with Crippen molar-refractivity contribution in [2.75, 3.05) is 6.61 Å². The molecule has 14 heavy (non-hydrogen) atoms. The van der Waals surface area contributed by atoms with E-state index >= 15 is 0 Å². The maximum Gasteiger partial charge on any atom is 0.338 e. The first kappa shape index (κ1) is 9.21. The Labute approximate surface area is 82.6 Å². The summed E-state index contributed by atoms with van der Waals surface area (Å²) in [6, 6.07) is 9.69. The Bertz CT molecular complexity index is 321. The van der Waals surface area contributed by atoms with Crippen LogP contribution in [0.4, 0.5) is 0 Å². The lowest BCUT2D eigenvalue weighted by atomic mass is 10.1. The number of epoxide rings is 1. The van der Waals surface area contributed by atoms with E-state index in [-0.39, 0.29) is 12.1 Å². The van der Waals surface area contributed by atoms with Gasteiger partial charge < -0.3 is 9.47 Å².